The van der Waals surface area contributed by atoms with E-state index < -0.39 is 0 Å². The number of nitrogens with zero attached hydrogens (tertiary/aromatic N) is 2. The second-order valence-electron chi connectivity index (χ2n) is 4.50. The fourth-order valence-corrected chi connectivity index (χ4v) is 1.06. The Morgan fingerprint density at radius 2 is 0.950 bits per heavy atom. The van der Waals surface area contributed by atoms with Crippen LogP contribution in [0.3, 0.4) is 0 Å². The number of hydrogen-bond acceptors (Lipinski definition) is 3. The molecule has 0 rings (SSSR count). The normalized spacial score (nSPS) is 13.0. The van der Waals surface area contributed by atoms with E-state index >= 15 is 0 Å². The molecule has 0 aromatic carbocycles. The summed E-state index contributed by atoms with van der Waals surface area (Å²) in [6.45, 7) is 0. The molecule has 0 amide bonds. The number of rotatable bonds is 8. The largest absolute Gasteiger partial charge is 0.383 e. The minimum Gasteiger partial charge on any atom is -0.383 e. The predicted octanol–water partition coefficient (Wildman–Crippen LogP) is 2.93. The maximum atomic E-state index is 11.4. The van der Waals surface area contributed by atoms with Crippen molar-refractivity contribution in [2.75, 3.05) is 28.2 Å². The SMILES string of the molecule is CN(C)/C=C/C=C/C=C/C(=O)/C=C/C=C/C=C/N(C)C. The van der Waals surface area contributed by atoms with Gasteiger partial charge in [0.25, 0.3) is 0 Å². The van der Waals surface area contributed by atoms with E-state index in [2.05, 4.69) is 0 Å². The molecule has 0 N–H and O–H groups in total. The van der Waals surface area contributed by atoms with Gasteiger partial charge in [-0.3, -0.25) is 4.79 Å². The van der Waals surface area contributed by atoms with Crippen molar-refractivity contribution in [1.82, 2.24) is 9.80 Å². The van der Waals surface area contributed by atoms with Gasteiger partial charge in [-0.1, -0.05) is 36.5 Å². The molecule has 0 aliphatic heterocycles. The standard InChI is InChI=1S/C17H24N2O/c1-18(2)15-11-7-5-9-13-17(20)14-10-6-8-12-16-19(3)4/h5-16H,1-4H3/b7-5+,8-6+,13-9+,14-10+,15-11+,16-12+. The zero-order chi connectivity index (χ0) is 15.2. The molecule has 0 aromatic heterocycles. The Bertz CT molecular complexity index is 396. The van der Waals surface area contributed by atoms with Crippen molar-refractivity contribution < 1.29 is 4.79 Å². The lowest BCUT2D eigenvalue weighted by atomic mass is 10.3. The molecular weight excluding hydrogens is 248 g/mol. The molecule has 108 valence electrons. The highest BCUT2D eigenvalue weighted by atomic mass is 16.1. The van der Waals surface area contributed by atoms with Crippen molar-refractivity contribution >= 4 is 5.78 Å². The number of carbonyl (C=O) groups excluding carboxylic acids is 1. The lowest BCUT2D eigenvalue weighted by Crippen LogP contribution is -1.99. The van der Waals surface area contributed by atoms with Crippen molar-refractivity contribution in [3.05, 3.63) is 73.2 Å². The minimum atomic E-state index is -0.0347. The number of hydrogen-bond donors (Lipinski definition) is 0. The van der Waals surface area contributed by atoms with Crippen molar-refractivity contribution in [1.29, 1.82) is 0 Å². The van der Waals surface area contributed by atoms with Gasteiger partial charge >= 0.3 is 0 Å². The predicted molar refractivity (Wildman–Crippen MR) is 87.2 cm³/mol. The van der Waals surface area contributed by atoms with Crippen LogP contribution >= 0.6 is 0 Å². The third kappa shape index (κ3) is 13.8. The summed E-state index contributed by atoms with van der Waals surface area (Å²) in [5.41, 5.74) is 0. The van der Waals surface area contributed by atoms with E-state index in [9.17, 15) is 4.79 Å². The van der Waals surface area contributed by atoms with E-state index in [0.717, 1.165) is 0 Å². The molecular formula is C17H24N2O. The van der Waals surface area contributed by atoms with Crippen molar-refractivity contribution in [3.8, 4) is 0 Å². The lowest BCUT2D eigenvalue weighted by Gasteiger charge is -2.00. The minimum absolute atomic E-state index is 0.0347. The molecule has 0 saturated heterocycles. The molecule has 0 aromatic rings. The maximum absolute atomic E-state index is 11.4. The summed E-state index contributed by atoms with van der Waals surface area (Å²) >= 11 is 0. The van der Waals surface area contributed by atoms with E-state index in [-0.39, 0.29) is 5.78 Å². The Kier molecular flexibility index (Phi) is 10.4. The van der Waals surface area contributed by atoms with Crippen LogP contribution in [0.1, 0.15) is 0 Å². The summed E-state index contributed by atoms with van der Waals surface area (Å²) in [5, 5.41) is 0. The van der Waals surface area contributed by atoms with Crippen LogP contribution in [0.25, 0.3) is 0 Å². The third-order valence-corrected chi connectivity index (χ3v) is 1.96. The van der Waals surface area contributed by atoms with Gasteiger partial charge in [0.1, 0.15) is 0 Å². The molecule has 3 heteroatoms. The molecule has 0 atom stereocenters. The molecule has 0 unspecified atom stereocenters. The first kappa shape index (κ1) is 17.7. The summed E-state index contributed by atoms with van der Waals surface area (Å²) in [5.74, 6) is -0.0347. The van der Waals surface area contributed by atoms with Crippen molar-refractivity contribution in [3.63, 3.8) is 0 Å². The van der Waals surface area contributed by atoms with E-state index in [0.29, 0.717) is 0 Å². The fourth-order valence-electron chi connectivity index (χ4n) is 1.06. The summed E-state index contributed by atoms with van der Waals surface area (Å²) in [4.78, 5) is 15.3. The first-order chi connectivity index (χ1) is 9.52. The second-order valence-corrected chi connectivity index (χ2v) is 4.50. The summed E-state index contributed by atoms with van der Waals surface area (Å²) in [6.07, 6.45) is 21.6. The van der Waals surface area contributed by atoms with Crippen LogP contribution in [0.2, 0.25) is 0 Å². The van der Waals surface area contributed by atoms with Gasteiger partial charge < -0.3 is 9.80 Å². The lowest BCUT2D eigenvalue weighted by molar-refractivity contribution is -0.110. The van der Waals surface area contributed by atoms with Crippen LogP contribution in [-0.2, 0) is 4.79 Å². The molecule has 0 radical (unpaired) electrons. The third-order valence-electron chi connectivity index (χ3n) is 1.96. The van der Waals surface area contributed by atoms with Gasteiger partial charge in [-0.15, -0.1) is 0 Å². The highest BCUT2D eigenvalue weighted by molar-refractivity contribution is 5.99. The van der Waals surface area contributed by atoms with Crippen LogP contribution in [0, 0.1) is 0 Å². The van der Waals surface area contributed by atoms with Crippen LogP contribution in [0.4, 0.5) is 0 Å². The molecule has 0 aliphatic carbocycles. The second kappa shape index (κ2) is 11.8. The number of carbonyl (C=O) groups is 1. The van der Waals surface area contributed by atoms with Gasteiger partial charge in [0, 0.05) is 28.2 Å². The average Bonchev–Trinajstić information content (AvgIpc) is 2.37. The average molecular weight is 272 g/mol. The topological polar surface area (TPSA) is 23.6 Å². The summed E-state index contributed by atoms with van der Waals surface area (Å²) < 4.78 is 0. The molecule has 20 heavy (non-hydrogen) atoms. The zero-order valence-electron chi connectivity index (χ0n) is 12.7. The number of allylic oxidation sites excluding steroid dienone is 10. The van der Waals surface area contributed by atoms with Gasteiger partial charge in [-0.2, -0.15) is 0 Å². The molecule has 3 nitrogen and oxygen atoms in total. The molecule has 0 spiro atoms. The Hall–Kier alpha value is -2.29. The zero-order valence-corrected chi connectivity index (χ0v) is 12.7. The van der Waals surface area contributed by atoms with E-state index in [1.807, 2.05) is 86.8 Å². The van der Waals surface area contributed by atoms with Crippen LogP contribution in [0.15, 0.2) is 73.2 Å². The first-order valence-corrected chi connectivity index (χ1v) is 6.42. The van der Waals surface area contributed by atoms with Crippen LogP contribution < -0.4 is 0 Å². The molecule has 0 aliphatic rings. The van der Waals surface area contributed by atoms with E-state index in [1.165, 1.54) is 12.2 Å². The van der Waals surface area contributed by atoms with Crippen LogP contribution in [-0.4, -0.2) is 43.8 Å². The monoisotopic (exact) mass is 272 g/mol. The van der Waals surface area contributed by atoms with Gasteiger partial charge in [-0.05, 0) is 36.7 Å². The highest BCUT2D eigenvalue weighted by Gasteiger charge is 1.83. The van der Waals surface area contributed by atoms with Gasteiger partial charge in [0.15, 0.2) is 5.78 Å². The molecule has 0 heterocycles. The smallest absolute Gasteiger partial charge is 0.178 e. The highest BCUT2D eigenvalue weighted by Crippen LogP contribution is 1.87. The van der Waals surface area contributed by atoms with Crippen LogP contribution in [0.5, 0.6) is 0 Å². The number of ketones is 1. The van der Waals surface area contributed by atoms with Crippen molar-refractivity contribution in [2.45, 2.75) is 0 Å². The Morgan fingerprint density at radius 3 is 1.30 bits per heavy atom. The first-order valence-electron chi connectivity index (χ1n) is 6.42. The fraction of sp³-hybridized carbons (Fsp3) is 0.235. The van der Waals surface area contributed by atoms with E-state index in [4.69, 9.17) is 0 Å². The maximum Gasteiger partial charge on any atom is 0.178 e. The summed E-state index contributed by atoms with van der Waals surface area (Å²) in [6, 6.07) is 0. The molecule has 0 fully saturated rings. The Balaban J connectivity index is 4.04. The quantitative estimate of drug-likeness (QED) is 0.501. The Labute approximate surface area is 122 Å². The molecule has 0 bridgehead atoms. The summed E-state index contributed by atoms with van der Waals surface area (Å²) in [7, 11) is 7.82. The van der Waals surface area contributed by atoms with E-state index in [1.54, 1.807) is 12.2 Å². The van der Waals surface area contributed by atoms with Crippen molar-refractivity contribution in [2.24, 2.45) is 0 Å². The molecule has 0 saturated carbocycles. The van der Waals surface area contributed by atoms with Gasteiger partial charge in [0.2, 0.25) is 0 Å². The van der Waals surface area contributed by atoms with Gasteiger partial charge in [-0.25, -0.2) is 0 Å². The Morgan fingerprint density at radius 1 is 0.600 bits per heavy atom. The van der Waals surface area contributed by atoms with Gasteiger partial charge in [0.05, 0.1) is 0 Å².